The molecule has 0 radical (unpaired) electrons. The van der Waals surface area contributed by atoms with Crippen molar-refractivity contribution >= 4 is 23.1 Å². The van der Waals surface area contributed by atoms with Crippen LogP contribution >= 0.6 is 11.3 Å². The van der Waals surface area contributed by atoms with Gasteiger partial charge in [0.05, 0.1) is 12.6 Å². The molecular formula is C23H27N3O2S. The van der Waals surface area contributed by atoms with Crippen LogP contribution in [0.2, 0.25) is 0 Å². The van der Waals surface area contributed by atoms with Crippen LogP contribution in [0, 0.1) is 0 Å². The van der Waals surface area contributed by atoms with Gasteiger partial charge >= 0.3 is 6.03 Å². The molecule has 2 heterocycles. The molecule has 1 atom stereocenters. The SMILES string of the molecule is CCOc1ccc(NC(=O)NC(C)c2c(-n3cccc3)sc3c2CCCC3)cc1. The number of fused-ring (bicyclic) bond motifs is 1. The lowest BCUT2D eigenvalue weighted by molar-refractivity contribution is 0.249. The number of carbonyl (C=O) groups is 1. The smallest absolute Gasteiger partial charge is 0.319 e. The molecule has 29 heavy (non-hydrogen) atoms. The predicted molar refractivity (Wildman–Crippen MR) is 118 cm³/mol. The van der Waals surface area contributed by atoms with Crippen molar-refractivity contribution < 1.29 is 9.53 Å². The summed E-state index contributed by atoms with van der Waals surface area (Å²) < 4.78 is 7.62. The van der Waals surface area contributed by atoms with Gasteiger partial charge in [0.1, 0.15) is 10.8 Å². The Morgan fingerprint density at radius 2 is 1.90 bits per heavy atom. The van der Waals surface area contributed by atoms with E-state index in [2.05, 4.69) is 34.5 Å². The minimum absolute atomic E-state index is 0.0757. The van der Waals surface area contributed by atoms with Crippen LogP contribution in [0.5, 0.6) is 5.75 Å². The number of anilines is 1. The third kappa shape index (κ3) is 4.32. The lowest BCUT2D eigenvalue weighted by atomic mass is 9.93. The first-order valence-corrected chi connectivity index (χ1v) is 11.1. The first kappa shape index (κ1) is 19.6. The number of nitrogens with one attached hydrogen (secondary N) is 2. The third-order valence-electron chi connectivity index (χ3n) is 5.24. The van der Waals surface area contributed by atoms with Crippen molar-refractivity contribution in [3.63, 3.8) is 0 Å². The number of aryl methyl sites for hydroxylation is 1. The van der Waals surface area contributed by atoms with E-state index < -0.39 is 0 Å². The number of aromatic nitrogens is 1. The molecule has 4 rings (SSSR count). The van der Waals surface area contributed by atoms with Crippen molar-refractivity contribution in [3.05, 3.63) is 64.8 Å². The number of ether oxygens (including phenoxy) is 1. The van der Waals surface area contributed by atoms with Gasteiger partial charge in [-0.2, -0.15) is 0 Å². The number of amides is 2. The first-order valence-electron chi connectivity index (χ1n) is 10.2. The highest BCUT2D eigenvalue weighted by molar-refractivity contribution is 7.15. The highest BCUT2D eigenvalue weighted by atomic mass is 32.1. The van der Waals surface area contributed by atoms with E-state index in [1.165, 1.54) is 33.8 Å². The van der Waals surface area contributed by atoms with E-state index in [9.17, 15) is 4.79 Å². The number of hydrogen-bond donors (Lipinski definition) is 2. The summed E-state index contributed by atoms with van der Waals surface area (Å²) in [5.74, 6) is 0.799. The molecule has 6 heteroatoms. The fraction of sp³-hybridized carbons (Fsp3) is 0.348. The van der Waals surface area contributed by atoms with E-state index >= 15 is 0 Å². The predicted octanol–water partition coefficient (Wildman–Crippen LogP) is 5.70. The van der Waals surface area contributed by atoms with Crippen molar-refractivity contribution in [1.82, 2.24) is 9.88 Å². The quantitative estimate of drug-likeness (QED) is 0.549. The molecule has 0 saturated heterocycles. The molecule has 0 fully saturated rings. The Morgan fingerprint density at radius 1 is 1.17 bits per heavy atom. The number of carbonyl (C=O) groups excluding carboxylic acids is 1. The lowest BCUT2D eigenvalue weighted by Gasteiger charge is -2.20. The van der Waals surface area contributed by atoms with E-state index in [1.54, 1.807) is 0 Å². The Kier molecular flexibility index (Phi) is 5.90. The molecule has 0 aliphatic heterocycles. The Morgan fingerprint density at radius 3 is 2.62 bits per heavy atom. The molecule has 5 nitrogen and oxygen atoms in total. The van der Waals surface area contributed by atoms with Crippen LogP contribution < -0.4 is 15.4 Å². The zero-order valence-corrected chi connectivity index (χ0v) is 17.7. The van der Waals surface area contributed by atoms with Crippen molar-refractivity contribution in [3.8, 4) is 10.8 Å². The molecule has 2 N–H and O–H groups in total. The molecular weight excluding hydrogens is 382 g/mol. The molecule has 152 valence electrons. The monoisotopic (exact) mass is 409 g/mol. The zero-order valence-electron chi connectivity index (χ0n) is 16.9. The van der Waals surface area contributed by atoms with Gasteiger partial charge in [0, 0.05) is 28.5 Å². The first-order chi connectivity index (χ1) is 14.2. The van der Waals surface area contributed by atoms with Gasteiger partial charge in [0.15, 0.2) is 0 Å². The standard InChI is InChI=1S/C23H27N3O2S/c1-3-28-18-12-10-17(11-13-18)25-23(27)24-16(2)21-19-8-4-5-9-20(19)29-22(21)26-14-6-7-15-26/h6-7,10-16H,3-5,8-9H2,1-2H3,(H2,24,25,27). The van der Waals surface area contributed by atoms with Gasteiger partial charge in [-0.15, -0.1) is 11.3 Å². The fourth-order valence-electron chi connectivity index (χ4n) is 3.92. The molecule has 1 aliphatic carbocycles. The van der Waals surface area contributed by atoms with Crippen molar-refractivity contribution in [2.75, 3.05) is 11.9 Å². The van der Waals surface area contributed by atoms with Gasteiger partial charge in [-0.3, -0.25) is 0 Å². The van der Waals surface area contributed by atoms with Crippen LogP contribution in [0.25, 0.3) is 5.00 Å². The maximum atomic E-state index is 12.6. The second-order valence-corrected chi connectivity index (χ2v) is 8.38. The lowest BCUT2D eigenvalue weighted by Crippen LogP contribution is -2.32. The number of rotatable bonds is 6. The van der Waals surface area contributed by atoms with Gasteiger partial charge in [-0.05, 0) is 81.5 Å². The fourth-order valence-corrected chi connectivity index (χ4v) is 5.37. The molecule has 0 bridgehead atoms. The normalized spacial score (nSPS) is 14.1. The minimum Gasteiger partial charge on any atom is -0.494 e. The second kappa shape index (κ2) is 8.74. The van der Waals surface area contributed by atoms with Crippen LogP contribution in [0.1, 0.15) is 48.7 Å². The van der Waals surface area contributed by atoms with E-state index in [0.717, 1.165) is 24.3 Å². The summed E-state index contributed by atoms with van der Waals surface area (Å²) in [6.45, 7) is 4.65. The van der Waals surface area contributed by atoms with Crippen molar-refractivity contribution in [2.45, 2.75) is 45.6 Å². The highest BCUT2D eigenvalue weighted by Crippen LogP contribution is 2.40. The average molecular weight is 410 g/mol. The van der Waals surface area contributed by atoms with Gasteiger partial charge in [0.2, 0.25) is 0 Å². The number of thiophene rings is 1. The maximum Gasteiger partial charge on any atom is 0.319 e. The summed E-state index contributed by atoms with van der Waals surface area (Å²) in [5.41, 5.74) is 3.43. The van der Waals surface area contributed by atoms with Gasteiger partial charge in [-0.1, -0.05) is 0 Å². The molecule has 2 amide bonds. The average Bonchev–Trinajstić information content (AvgIpc) is 3.37. The molecule has 0 saturated carbocycles. The van der Waals surface area contributed by atoms with Crippen LogP contribution in [0.4, 0.5) is 10.5 Å². The minimum atomic E-state index is -0.198. The Balaban J connectivity index is 1.51. The van der Waals surface area contributed by atoms with Crippen molar-refractivity contribution in [2.24, 2.45) is 0 Å². The number of nitrogens with zero attached hydrogens (tertiary/aromatic N) is 1. The van der Waals surface area contributed by atoms with E-state index in [0.29, 0.717) is 6.61 Å². The molecule has 1 aliphatic rings. The molecule has 1 unspecified atom stereocenters. The summed E-state index contributed by atoms with van der Waals surface area (Å²) in [6, 6.07) is 11.2. The summed E-state index contributed by atoms with van der Waals surface area (Å²) in [7, 11) is 0. The molecule has 2 aromatic heterocycles. The van der Waals surface area contributed by atoms with Crippen LogP contribution in [0.15, 0.2) is 48.8 Å². The molecule has 0 spiro atoms. The second-order valence-electron chi connectivity index (χ2n) is 7.30. The van der Waals surface area contributed by atoms with Gasteiger partial charge in [-0.25, -0.2) is 4.79 Å². The number of benzene rings is 1. The van der Waals surface area contributed by atoms with Crippen molar-refractivity contribution in [1.29, 1.82) is 0 Å². The van der Waals surface area contributed by atoms with E-state index in [4.69, 9.17) is 4.74 Å². The Hall–Kier alpha value is -2.73. The number of urea groups is 1. The third-order valence-corrected chi connectivity index (χ3v) is 6.56. The van der Waals surface area contributed by atoms with Crippen LogP contribution in [0.3, 0.4) is 0 Å². The Bertz CT molecular complexity index is 961. The van der Waals surface area contributed by atoms with E-state index in [1.807, 2.05) is 54.7 Å². The molecule has 3 aromatic rings. The number of hydrogen-bond acceptors (Lipinski definition) is 3. The largest absolute Gasteiger partial charge is 0.494 e. The van der Waals surface area contributed by atoms with Crippen LogP contribution in [-0.4, -0.2) is 17.2 Å². The highest BCUT2D eigenvalue weighted by Gasteiger charge is 2.25. The zero-order chi connectivity index (χ0) is 20.2. The van der Waals surface area contributed by atoms with Crippen LogP contribution in [-0.2, 0) is 12.8 Å². The van der Waals surface area contributed by atoms with Gasteiger partial charge < -0.3 is 19.9 Å². The maximum absolute atomic E-state index is 12.6. The summed E-state index contributed by atoms with van der Waals surface area (Å²) in [4.78, 5) is 14.1. The van der Waals surface area contributed by atoms with Gasteiger partial charge in [0.25, 0.3) is 0 Å². The Labute approximate surface area is 175 Å². The summed E-state index contributed by atoms with van der Waals surface area (Å²) in [5, 5.41) is 7.28. The summed E-state index contributed by atoms with van der Waals surface area (Å²) >= 11 is 1.86. The molecule has 1 aromatic carbocycles. The summed E-state index contributed by atoms with van der Waals surface area (Å²) in [6.07, 6.45) is 8.85. The topological polar surface area (TPSA) is 55.3 Å². The van der Waals surface area contributed by atoms with E-state index in [-0.39, 0.29) is 12.1 Å².